The molecule has 26 heavy (non-hydrogen) atoms. The number of halogens is 2. The van der Waals surface area contributed by atoms with Gasteiger partial charge in [-0.1, -0.05) is 12.1 Å². The molecule has 5 nitrogen and oxygen atoms in total. The smallest absolute Gasteiger partial charge is 0.251 e. The van der Waals surface area contributed by atoms with E-state index in [1.807, 2.05) is 24.4 Å². The number of guanidine groups is 1. The minimum Gasteiger partial charge on any atom is -0.357 e. The van der Waals surface area contributed by atoms with Crippen LogP contribution in [0.25, 0.3) is 0 Å². The van der Waals surface area contributed by atoms with Crippen LogP contribution in [0.1, 0.15) is 27.7 Å². The molecule has 2 aromatic rings. The summed E-state index contributed by atoms with van der Waals surface area (Å²) in [5.41, 5.74) is 0.844. The van der Waals surface area contributed by atoms with Gasteiger partial charge in [-0.15, -0.1) is 35.3 Å². The Labute approximate surface area is 174 Å². The summed E-state index contributed by atoms with van der Waals surface area (Å²) >= 11 is 1.66. The molecule has 1 heterocycles. The molecule has 142 valence electrons. The third kappa shape index (κ3) is 7.28. The Hall–Kier alpha value is -1.68. The summed E-state index contributed by atoms with van der Waals surface area (Å²) in [4.78, 5) is 17.7. The zero-order valence-electron chi connectivity index (χ0n) is 14.8. The minimum atomic E-state index is -0.374. The van der Waals surface area contributed by atoms with E-state index in [-0.39, 0.29) is 35.7 Å². The van der Waals surface area contributed by atoms with Crippen molar-refractivity contribution in [2.75, 3.05) is 19.6 Å². The van der Waals surface area contributed by atoms with E-state index in [1.54, 1.807) is 30.4 Å². The van der Waals surface area contributed by atoms with Gasteiger partial charge in [0.15, 0.2) is 5.96 Å². The Kier molecular flexibility index (Phi) is 10.2. The number of rotatable bonds is 7. The predicted octanol–water partition coefficient (Wildman–Crippen LogP) is 3.30. The standard InChI is InChI=1S/C18H23FN4OS.HI/c1-3-20-18(23-12-15-5-4-10-25-15)22-9-8-21-17(24)14-7-6-13(2)16(19)11-14;/h4-7,10-11H,3,8-9,12H2,1-2H3,(H,21,24)(H2,20,22,23);1H. The molecular weight excluding hydrogens is 466 g/mol. The highest BCUT2D eigenvalue weighted by Gasteiger charge is 2.07. The molecular formula is C18H24FIN4OS. The number of carbonyl (C=O) groups excluding carboxylic acids is 1. The third-order valence-corrected chi connectivity index (χ3v) is 4.32. The van der Waals surface area contributed by atoms with Gasteiger partial charge in [0.25, 0.3) is 5.91 Å². The Morgan fingerprint density at radius 2 is 1.96 bits per heavy atom. The molecule has 0 spiro atoms. The van der Waals surface area contributed by atoms with E-state index in [9.17, 15) is 9.18 Å². The lowest BCUT2D eigenvalue weighted by atomic mass is 10.1. The highest BCUT2D eigenvalue weighted by atomic mass is 127. The van der Waals surface area contributed by atoms with Crippen molar-refractivity contribution in [3.05, 3.63) is 57.5 Å². The van der Waals surface area contributed by atoms with Crippen LogP contribution in [-0.2, 0) is 6.54 Å². The van der Waals surface area contributed by atoms with Crippen LogP contribution in [0.15, 0.2) is 40.7 Å². The van der Waals surface area contributed by atoms with Crippen LogP contribution in [-0.4, -0.2) is 31.5 Å². The van der Waals surface area contributed by atoms with Crippen molar-refractivity contribution in [3.8, 4) is 0 Å². The van der Waals surface area contributed by atoms with Gasteiger partial charge in [0, 0.05) is 30.1 Å². The molecule has 8 heteroatoms. The van der Waals surface area contributed by atoms with Crippen molar-refractivity contribution in [1.82, 2.24) is 16.0 Å². The highest BCUT2D eigenvalue weighted by Crippen LogP contribution is 2.09. The molecule has 1 amide bonds. The number of amides is 1. The Bertz CT molecular complexity index is 722. The molecule has 0 saturated carbocycles. The number of nitrogens with zero attached hydrogens (tertiary/aromatic N) is 1. The molecule has 0 fully saturated rings. The van der Waals surface area contributed by atoms with Crippen molar-refractivity contribution in [2.45, 2.75) is 20.4 Å². The van der Waals surface area contributed by atoms with E-state index < -0.39 is 0 Å². The lowest BCUT2D eigenvalue weighted by Gasteiger charge is -2.12. The molecule has 0 aliphatic carbocycles. The molecule has 1 aromatic heterocycles. The lowest BCUT2D eigenvalue weighted by Crippen LogP contribution is -2.41. The summed E-state index contributed by atoms with van der Waals surface area (Å²) in [7, 11) is 0. The molecule has 0 bridgehead atoms. The molecule has 0 unspecified atom stereocenters. The first-order chi connectivity index (χ1) is 12.1. The number of carbonyl (C=O) groups is 1. The average Bonchev–Trinajstić information content (AvgIpc) is 3.12. The fraction of sp³-hybridized carbons (Fsp3) is 0.333. The summed E-state index contributed by atoms with van der Waals surface area (Å²) in [5, 5.41) is 11.1. The number of aryl methyl sites for hydroxylation is 1. The number of aliphatic imine (C=N–C) groups is 1. The largest absolute Gasteiger partial charge is 0.357 e. The van der Waals surface area contributed by atoms with Crippen LogP contribution >= 0.6 is 35.3 Å². The third-order valence-electron chi connectivity index (χ3n) is 3.45. The molecule has 3 N–H and O–H groups in total. The highest BCUT2D eigenvalue weighted by molar-refractivity contribution is 14.0. The van der Waals surface area contributed by atoms with Crippen LogP contribution in [0.4, 0.5) is 4.39 Å². The molecule has 0 aliphatic heterocycles. The van der Waals surface area contributed by atoms with Gasteiger partial charge >= 0.3 is 0 Å². The normalized spacial score (nSPS) is 10.8. The van der Waals surface area contributed by atoms with E-state index >= 15 is 0 Å². The van der Waals surface area contributed by atoms with Gasteiger partial charge in [-0.25, -0.2) is 9.38 Å². The van der Waals surface area contributed by atoms with Crippen molar-refractivity contribution in [3.63, 3.8) is 0 Å². The first kappa shape index (κ1) is 22.4. The maximum absolute atomic E-state index is 13.5. The van der Waals surface area contributed by atoms with Gasteiger partial charge in [0.05, 0.1) is 6.54 Å². The fourth-order valence-electron chi connectivity index (χ4n) is 2.09. The number of benzene rings is 1. The van der Waals surface area contributed by atoms with Crippen molar-refractivity contribution >= 4 is 47.2 Å². The maximum atomic E-state index is 13.5. The molecule has 0 aliphatic rings. The van der Waals surface area contributed by atoms with Gasteiger partial charge in [-0.05, 0) is 43.0 Å². The minimum absolute atomic E-state index is 0. The second-order valence-electron chi connectivity index (χ2n) is 5.42. The van der Waals surface area contributed by atoms with Gasteiger partial charge < -0.3 is 16.0 Å². The first-order valence-corrected chi connectivity index (χ1v) is 9.07. The van der Waals surface area contributed by atoms with Crippen LogP contribution in [0.2, 0.25) is 0 Å². The van der Waals surface area contributed by atoms with Crippen molar-refractivity contribution in [2.24, 2.45) is 4.99 Å². The van der Waals surface area contributed by atoms with Crippen LogP contribution < -0.4 is 16.0 Å². The zero-order valence-corrected chi connectivity index (χ0v) is 18.0. The zero-order chi connectivity index (χ0) is 18.1. The van der Waals surface area contributed by atoms with Gasteiger partial charge in [-0.2, -0.15) is 0 Å². The first-order valence-electron chi connectivity index (χ1n) is 8.19. The lowest BCUT2D eigenvalue weighted by molar-refractivity contribution is 0.0954. The van der Waals surface area contributed by atoms with Gasteiger partial charge in [-0.3, -0.25) is 4.79 Å². The van der Waals surface area contributed by atoms with Gasteiger partial charge in [0.1, 0.15) is 5.82 Å². The SMILES string of the molecule is CCNC(=NCc1cccs1)NCCNC(=O)c1ccc(C)c(F)c1.I. The van der Waals surface area contributed by atoms with E-state index in [2.05, 4.69) is 20.9 Å². The number of thiophene rings is 1. The maximum Gasteiger partial charge on any atom is 0.251 e. The van der Waals surface area contributed by atoms with Gasteiger partial charge in [0.2, 0.25) is 0 Å². The van der Waals surface area contributed by atoms with E-state index in [0.717, 1.165) is 6.54 Å². The topological polar surface area (TPSA) is 65.5 Å². The summed E-state index contributed by atoms with van der Waals surface area (Å²) in [6, 6.07) is 8.51. The molecule has 2 rings (SSSR count). The van der Waals surface area contributed by atoms with Crippen LogP contribution in [0, 0.1) is 12.7 Å². The molecule has 0 atom stereocenters. The summed E-state index contributed by atoms with van der Waals surface area (Å²) in [5.74, 6) is 0.0358. The number of hydrogen-bond acceptors (Lipinski definition) is 3. The second kappa shape index (κ2) is 11.8. The average molecular weight is 490 g/mol. The number of hydrogen-bond donors (Lipinski definition) is 3. The number of nitrogens with one attached hydrogen (secondary N) is 3. The monoisotopic (exact) mass is 490 g/mol. The fourth-order valence-corrected chi connectivity index (χ4v) is 2.72. The van der Waals surface area contributed by atoms with Crippen molar-refractivity contribution < 1.29 is 9.18 Å². The Morgan fingerprint density at radius 3 is 2.62 bits per heavy atom. The summed E-state index contributed by atoms with van der Waals surface area (Å²) < 4.78 is 13.5. The summed E-state index contributed by atoms with van der Waals surface area (Å²) in [6.45, 7) is 5.97. The Morgan fingerprint density at radius 1 is 1.19 bits per heavy atom. The quantitative estimate of drug-likeness (QED) is 0.242. The Balaban J connectivity index is 0.00000338. The molecule has 0 saturated heterocycles. The molecule has 1 aromatic carbocycles. The summed E-state index contributed by atoms with van der Waals surface area (Å²) in [6.07, 6.45) is 0. The van der Waals surface area contributed by atoms with Crippen LogP contribution in [0.3, 0.4) is 0 Å². The van der Waals surface area contributed by atoms with E-state index in [4.69, 9.17) is 0 Å². The van der Waals surface area contributed by atoms with Crippen molar-refractivity contribution in [1.29, 1.82) is 0 Å². The molecule has 0 radical (unpaired) electrons. The van der Waals surface area contributed by atoms with E-state index in [1.165, 1.54) is 10.9 Å². The van der Waals surface area contributed by atoms with E-state index in [0.29, 0.717) is 36.7 Å². The predicted molar refractivity (Wildman–Crippen MR) is 116 cm³/mol. The second-order valence-corrected chi connectivity index (χ2v) is 6.45. The van der Waals surface area contributed by atoms with Crippen LogP contribution in [0.5, 0.6) is 0 Å².